The highest BCUT2D eigenvalue weighted by Crippen LogP contribution is 2.57. The molecule has 1 spiro atoms. The molecule has 1 saturated carbocycles. The third-order valence-corrected chi connectivity index (χ3v) is 7.67. The lowest BCUT2D eigenvalue weighted by Crippen LogP contribution is -2.49. The highest BCUT2D eigenvalue weighted by Gasteiger charge is 2.66. The molecule has 4 unspecified atom stereocenters. The fourth-order valence-electron chi connectivity index (χ4n) is 5.67. The Morgan fingerprint density at radius 2 is 1.94 bits per heavy atom. The summed E-state index contributed by atoms with van der Waals surface area (Å²) in [4.78, 5) is 27.5. The number of amides is 2. The van der Waals surface area contributed by atoms with Crippen LogP contribution < -0.4 is 16.0 Å². The zero-order chi connectivity index (χ0) is 24.4. The highest BCUT2D eigenvalue weighted by molar-refractivity contribution is 6.31. The Balaban J connectivity index is 1.75. The van der Waals surface area contributed by atoms with Gasteiger partial charge in [0.15, 0.2) is 0 Å². The second kappa shape index (κ2) is 8.21. The molecule has 2 aromatic carbocycles. The van der Waals surface area contributed by atoms with E-state index < -0.39 is 29.2 Å². The standard InChI is InChI=1S/C26H28Cl2FN3O2/c1-25(2,3)12-19-26(16-10-7-13(27)11-18(16)31-24(26)34)20(15-5-4-6-17(28)21(15)29)22(32-19)23(33)30-14-8-9-14/h4-7,10-11,14,19-20,22,32H,8-9,12H2,1-3H3,(H,30,33)(H,31,34). The van der Waals surface area contributed by atoms with Gasteiger partial charge in [0.25, 0.3) is 0 Å². The van der Waals surface area contributed by atoms with Crippen LogP contribution in [0.1, 0.15) is 57.1 Å². The molecule has 0 radical (unpaired) electrons. The molecule has 180 valence electrons. The lowest BCUT2D eigenvalue weighted by atomic mass is 9.62. The van der Waals surface area contributed by atoms with Crippen molar-refractivity contribution < 1.29 is 14.0 Å². The van der Waals surface area contributed by atoms with Crippen molar-refractivity contribution in [2.24, 2.45) is 5.41 Å². The molecule has 5 nitrogen and oxygen atoms in total. The summed E-state index contributed by atoms with van der Waals surface area (Å²) in [7, 11) is 0. The molecule has 0 aromatic heterocycles. The maximum absolute atomic E-state index is 15.6. The second-order valence-electron chi connectivity index (χ2n) is 10.9. The lowest BCUT2D eigenvalue weighted by Gasteiger charge is -2.37. The Morgan fingerprint density at radius 1 is 1.21 bits per heavy atom. The average Bonchev–Trinajstić information content (AvgIpc) is 3.43. The summed E-state index contributed by atoms with van der Waals surface area (Å²) >= 11 is 12.4. The van der Waals surface area contributed by atoms with Gasteiger partial charge in [-0.1, -0.05) is 62.2 Å². The Bertz CT molecular complexity index is 1180. The normalized spacial score (nSPS) is 28.2. The van der Waals surface area contributed by atoms with Crippen LogP contribution in [0.5, 0.6) is 0 Å². The molecule has 8 heteroatoms. The summed E-state index contributed by atoms with van der Waals surface area (Å²) in [6.07, 6.45) is 2.44. The molecule has 2 fully saturated rings. The van der Waals surface area contributed by atoms with Crippen molar-refractivity contribution in [3.05, 3.63) is 63.4 Å². The van der Waals surface area contributed by atoms with E-state index in [0.29, 0.717) is 17.1 Å². The number of hydrogen-bond donors (Lipinski definition) is 3. The molecule has 1 saturated heterocycles. The number of nitrogens with one attached hydrogen (secondary N) is 3. The summed E-state index contributed by atoms with van der Waals surface area (Å²) in [5.41, 5.74) is 0.179. The van der Waals surface area contributed by atoms with E-state index >= 15 is 4.39 Å². The Hall–Kier alpha value is -2.15. The minimum absolute atomic E-state index is 0.0389. The zero-order valence-electron chi connectivity index (χ0n) is 19.3. The third-order valence-electron chi connectivity index (χ3n) is 7.14. The van der Waals surface area contributed by atoms with Crippen molar-refractivity contribution in [3.8, 4) is 0 Å². The Morgan fingerprint density at radius 3 is 2.62 bits per heavy atom. The molecule has 4 atom stereocenters. The Kier molecular flexibility index (Phi) is 5.70. The molecule has 1 aliphatic carbocycles. The predicted molar refractivity (Wildman–Crippen MR) is 132 cm³/mol. The van der Waals surface area contributed by atoms with Gasteiger partial charge >= 0.3 is 0 Å². The first-order valence-corrected chi connectivity index (χ1v) is 12.4. The number of carbonyl (C=O) groups excluding carboxylic acids is 2. The van der Waals surface area contributed by atoms with Crippen LogP contribution in [0.4, 0.5) is 10.1 Å². The van der Waals surface area contributed by atoms with E-state index in [2.05, 4.69) is 36.7 Å². The average molecular weight is 504 g/mol. The van der Waals surface area contributed by atoms with Gasteiger partial charge in [0, 0.05) is 28.7 Å². The molecule has 3 N–H and O–H groups in total. The number of hydrogen-bond acceptors (Lipinski definition) is 3. The van der Waals surface area contributed by atoms with Gasteiger partial charge in [-0.15, -0.1) is 0 Å². The van der Waals surface area contributed by atoms with E-state index in [9.17, 15) is 9.59 Å². The molecule has 5 rings (SSSR count). The number of carbonyl (C=O) groups is 2. The molecule has 2 amide bonds. The van der Waals surface area contributed by atoms with Gasteiger partial charge in [-0.25, -0.2) is 4.39 Å². The first kappa shape index (κ1) is 23.6. The molecule has 2 aliphatic heterocycles. The van der Waals surface area contributed by atoms with Crippen LogP contribution in [0.2, 0.25) is 10.0 Å². The minimum Gasteiger partial charge on any atom is -0.352 e. The van der Waals surface area contributed by atoms with Crippen LogP contribution in [0, 0.1) is 11.2 Å². The van der Waals surface area contributed by atoms with Crippen molar-refractivity contribution in [1.82, 2.24) is 10.6 Å². The molecule has 2 heterocycles. The van der Waals surface area contributed by atoms with Crippen LogP contribution in [0.15, 0.2) is 36.4 Å². The fourth-order valence-corrected chi connectivity index (χ4v) is 6.02. The summed E-state index contributed by atoms with van der Waals surface area (Å²) < 4.78 is 15.6. The van der Waals surface area contributed by atoms with Gasteiger partial charge in [-0.05, 0) is 54.0 Å². The fraction of sp³-hybridized carbons (Fsp3) is 0.462. The first-order chi connectivity index (χ1) is 16.0. The van der Waals surface area contributed by atoms with E-state index in [0.717, 1.165) is 18.4 Å². The molecular formula is C26H28Cl2FN3O2. The zero-order valence-corrected chi connectivity index (χ0v) is 20.9. The number of fused-ring (bicyclic) bond motifs is 2. The minimum atomic E-state index is -1.22. The maximum atomic E-state index is 15.6. The van der Waals surface area contributed by atoms with Crippen LogP contribution in [0.3, 0.4) is 0 Å². The SMILES string of the molecule is CC(C)(C)CC1NC(C(=O)NC2CC2)C(c2cccc(Cl)c2F)C12C(=O)Nc1cc(Cl)ccc12. The van der Waals surface area contributed by atoms with Crippen LogP contribution in [0.25, 0.3) is 0 Å². The summed E-state index contributed by atoms with van der Waals surface area (Å²) in [5.74, 6) is -1.90. The smallest absolute Gasteiger partial charge is 0.238 e. The van der Waals surface area contributed by atoms with Crippen LogP contribution in [-0.2, 0) is 15.0 Å². The van der Waals surface area contributed by atoms with Gasteiger partial charge in [-0.3, -0.25) is 9.59 Å². The summed E-state index contributed by atoms with van der Waals surface area (Å²) in [5, 5.41) is 9.97. The van der Waals surface area contributed by atoms with E-state index in [1.165, 1.54) is 6.07 Å². The highest BCUT2D eigenvalue weighted by atomic mass is 35.5. The second-order valence-corrected chi connectivity index (χ2v) is 11.7. The molecular weight excluding hydrogens is 476 g/mol. The largest absolute Gasteiger partial charge is 0.352 e. The van der Waals surface area contributed by atoms with E-state index in [4.69, 9.17) is 23.2 Å². The number of halogens is 3. The van der Waals surface area contributed by atoms with Crippen molar-refractivity contribution in [2.45, 2.75) is 69.5 Å². The van der Waals surface area contributed by atoms with Gasteiger partial charge in [0.2, 0.25) is 11.8 Å². The van der Waals surface area contributed by atoms with Gasteiger partial charge in [0.05, 0.1) is 11.1 Å². The van der Waals surface area contributed by atoms with Crippen molar-refractivity contribution in [2.75, 3.05) is 5.32 Å². The van der Waals surface area contributed by atoms with Gasteiger partial charge in [0.1, 0.15) is 11.2 Å². The topological polar surface area (TPSA) is 70.2 Å². The lowest BCUT2D eigenvalue weighted by molar-refractivity contribution is -0.124. The summed E-state index contributed by atoms with van der Waals surface area (Å²) in [6, 6.07) is 8.93. The van der Waals surface area contributed by atoms with Crippen LogP contribution in [-0.4, -0.2) is 29.9 Å². The van der Waals surface area contributed by atoms with Gasteiger partial charge in [-0.2, -0.15) is 0 Å². The van der Waals surface area contributed by atoms with E-state index in [-0.39, 0.29) is 33.9 Å². The first-order valence-electron chi connectivity index (χ1n) is 11.6. The van der Waals surface area contributed by atoms with Crippen molar-refractivity contribution in [3.63, 3.8) is 0 Å². The monoisotopic (exact) mass is 503 g/mol. The van der Waals surface area contributed by atoms with E-state index in [1.54, 1.807) is 24.3 Å². The van der Waals surface area contributed by atoms with Gasteiger partial charge < -0.3 is 16.0 Å². The number of rotatable bonds is 4. The third kappa shape index (κ3) is 3.80. The van der Waals surface area contributed by atoms with Crippen molar-refractivity contribution in [1.29, 1.82) is 0 Å². The molecule has 3 aliphatic rings. The Labute approximate surface area is 208 Å². The van der Waals surface area contributed by atoms with Crippen LogP contribution >= 0.6 is 23.2 Å². The van der Waals surface area contributed by atoms with E-state index in [1.807, 2.05) is 6.07 Å². The molecule has 34 heavy (non-hydrogen) atoms. The molecule has 0 bridgehead atoms. The molecule has 2 aromatic rings. The maximum Gasteiger partial charge on any atom is 0.238 e. The number of anilines is 1. The number of benzene rings is 2. The quantitative estimate of drug-likeness (QED) is 0.539. The predicted octanol–water partition coefficient (Wildman–Crippen LogP) is 5.16. The summed E-state index contributed by atoms with van der Waals surface area (Å²) in [6.45, 7) is 6.26. The van der Waals surface area contributed by atoms with Crippen molar-refractivity contribution >= 4 is 40.7 Å².